The van der Waals surface area contributed by atoms with Crippen LogP contribution >= 0.6 is 12.4 Å². The Labute approximate surface area is 175 Å². The Morgan fingerprint density at radius 3 is 2.52 bits per heavy atom. The number of carbonyl (C=O) groups excluding carboxylic acids is 2. The number of imide groups is 1. The molecule has 0 radical (unpaired) electrons. The smallest absolute Gasteiger partial charge is 0.317 e. The molecule has 2 N–H and O–H groups in total. The summed E-state index contributed by atoms with van der Waals surface area (Å²) < 4.78 is 3.18. The number of aryl methyl sites for hydroxylation is 1. The lowest BCUT2D eigenvalue weighted by atomic mass is 10.0. The van der Waals surface area contributed by atoms with Gasteiger partial charge in [0.2, 0.25) is 11.8 Å². The van der Waals surface area contributed by atoms with Crippen molar-refractivity contribution in [1.82, 2.24) is 24.7 Å². The maximum atomic E-state index is 13.0. The van der Waals surface area contributed by atoms with Crippen molar-refractivity contribution >= 4 is 35.3 Å². The van der Waals surface area contributed by atoms with Crippen LogP contribution in [0.4, 0.5) is 0 Å². The number of halogens is 1. The lowest BCUT2D eigenvalue weighted by molar-refractivity contribution is -0.135. The van der Waals surface area contributed by atoms with Gasteiger partial charge in [-0.15, -0.1) is 12.4 Å². The number of amides is 2. The summed E-state index contributed by atoms with van der Waals surface area (Å²) in [6.45, 7) is 2.81. The maximum Gasteiger partial charge on any atom is 0.329 e. The highest BCUT2D eigenvalue weighted by atomic mass is 35.5. The highest BCUT2D eigenvalue weighted by Gasteiger charge is 2.31. The lowest BCUT2D eigenvalue weighted by Crippen LogP contribution is -2.44. The van der Waals surface area contributed by atoms with Crippen molar-refractivity contribution in [3.05, 3.63) is 34.2 Å². The number of benzene rings is 1. The molecule has 1 aromatic carbocycles. The van der Waals surface area contributed by atoms with Gasteiger partial charge < -0.3 is 5.32 Å². The molecule has 1 aromatic heterocycles. The summed E-state index contributed by atoms with van der Waals surface area (Å²) in [4.78, 5) is 39.2. The van der Waals surface area contributed by atoms with Crippen LogP contribution < -0.4 is 16.3 Å². The highest BCUT2D eigenvalue weighted by molar-refractivity contribution is 6.00. The summed E-state index contributed by atoms with van der Waals surface area (Å²) in [7, 11) is 3.76. The van der Waals surface area contributed by atoms with Crippen LogP contribution in [-0.4, -0.2) is 52.0 Å². The average Bonchev–Trinajstić information content (AvgIpc) is 2.94. The van der Waals surface area contributed by atoms with Gasteiger partial charge in [-0.05, 0) is 51.0 Å². The SMILES string of the molecule is CNC1CCN(Cc2cccc3c2n(C)c(=O)n3C2CCC(=O)NC2=O)CC1.Cl. The van der Waals surface area contributed by atoms with Crippen molar-refractivity contribution in [1.29, 1.82) is 0 Å². The van der Waals surface area contributed by atoms with Gasteiger partial charge >= 0.3 is 5.69 Å². The minimum atomic E-state index is -0.643. The fraction of sp³-hybridized carbons (Fsp3) is 0.550. The van der Waals surface area contributed by atoms with Crippen LogP contribution in [0.15, 0.2) is 23.0 Å². The third kappa shape index (κ3) is 3.97. The topological polar surface area (TPSA) is 88.4 Å². The molecular formula is C20H28ClN5O3. The summed E-state index contributed by atoms with van der Waals surface area (Å²) in [5, 5.41) is 5.70. The number of piperidine rings is 2. The largest absolute Gasteiger partial charge is 0.329 e. The van der Waals surface area contributed by atoms with Gasteiger partial charge in [0.15, 0.2) is 0 Å². The van der Waals surface area contributed by atoms with E-state index < -0.39 is 11.9 Å². The molecule has 1 unspecified atom stereocenters. The zero-order valence-electron chi connectivity index (χ0n) is 16.8. The van der Waals surface area contributed by atoms with Crippen LogP contribution in [0.3, 0.4) is 0 Å². The molecule has 3 heterocycles. The second-order valence-electron chi connectivity index (χ2n) is 7.80. The van der Waals surface area contributed by atoms with Crippen LogP contribution in [0.25, 0.3) is 11.0 Å². The fourth-order valence-corrected chi connectivity index (χ4v) is 4.50. The van der Waals surface area contributed by atoms with E-state index in [0.717, 1.165) is 49.1 Å². The maximum absolute atomic E-state index is 13.0. The highest BCUT2D eigenvalue weighted by Crippen LogP contribution is 2.26. The summed E-state index contributed by atoms with van der Waals surface area (Å²) in [5.41, 5.74) is 2.49. The number of hydrogen-bond acceptors (Lipinski definition) is 5. The Morgan fingerprint density at radius 2 is 1.86 bits per heavy atom. The minimum absolute atomic E-state index is 0. The number of hydrogen-bond donors (Lipinski definition) is 2. The molecule has 1 atom stereocenters. The predicted octanol–water partition coefficient (Wildman–Crippen LogP) is 0.923. The molecule has 0 aliphatic carbocycles. The van der Waals surface area contributed by atoms with Gasteiger partial charge in [-0.3, -0.25) is 28.9 Å². The van der Waals surface area contributed by atoms with Crippen LogP contribution in [-0.2, 0) is 23.2 Å². The molecule has 2 aliphatic rings. The molecule has 4 rings (SSSR count). The number of aromatic nitrogens is 2. The molecule has 29 heavy (non-hydrogen) atoms. The first-order valence-corrected chi connectivity index (χ1v) is 9.91. The van der Waals surface area contributed by atoms with Crippen molar-refractivity contribution < 1.29 is 9.59 Å². The zero-order chi connectivity index (χ0) is 19.8. The number of nitrogens with zero attached hydrogens (tertiary/aromatic N) is 3. The third-order valence-corrected chi connectivity index (χ3v) is 6.10. The van der Waals surface area contributed by atoms with Crippen molar-refractivity contribution in [2.24, 2.45) is 7.05 Å². The van der Waals surface area contributed by atoms with Gasteiger partial charge in [-0.25, -0.2) is 4.79 Å². The molecule has 158 valence electrons. The van der Waals surface area contributed by atoms with E-state index in [-0.39, 0.29) is 30.4 Å². The number of imidazole rings is 1. The molecule has 0 bridgehead atoms. The van der Waals surface area contributed by atoms with E-state index in [1.54, 1.807) is 16.2 Å². The van der Waals surface area contributed by atoms with Gasteiger partial charge in [-0.1, -0.05) is 12.1 Å². The van der Waals surface area contributed by atoms with Crippen LogP contribution in [0, 0.1) is 0 Å². The van der Waals surface area contributed by atoms with E-state index in [1.807, 2.05) is 19.2 Å². The van der Waals surface area contributed by atoms with E-state index >= 15 is 0 Å². The van der Waals surface area contributed by atoms with E-state index in [9.17, 15) is 14.4 Å². The van der Waals surface area contributed by atoms with E-state index in [2.05, 4.69) is 21.6 Å². The second kappa shape index (κ2) is 8.69. The van der Waals surface area contributed by atoms with Crippen molar-refractivity contribution in [3.63, 3.8) is 0 Å². The first-order valence-electron chi connectivity index (χ1n) is 9.91. The molecule has 9 heteroatoms. The van der Waals surface area contributed by atoms with Gasteiger partial charge in [0.1, 0.15) is 6.04 Å². The molecule has 2 amide bonds. The lowest BCUT2D eigenvalue weighted by Gasteiger charge is -2.31. The van der Waals surface area contributed by atoms with Crippen molar-refractivity contribution in [2.75, 3.05) is 20.1 Å². The van der Waals surface area contributed by atoms with Crippen molar-refractivity contribution in [2.45, 2.75) is 44.3 Å². The minimum Gasteiger partial charge on any atom is -0.317 e. The second-order valence-corrected chi connectivity index (χ2v) is 7.80. The predicted molar refractivity (Wildman–Crippen MR) is 113 cm³/mol. The van der Waals surface area contributed by atoms with Gasteiger partial charge in [0.05, 0.1) is 11.0 Å². The fourth-order valence-electron chi connectivity index (χ4n) is 4.50. The van der Waals surface area contributed by atoms with E-state index in [0.29, 0.717) is 12.5 Å². The summed E-state index contributed by atoms with van der Waals surface area (Å²) in [6.07, 6.45) is 2.83. The summed E-state index contributed by atoms with van der Waals surface area (Å²) in [5.74, 6) is -0.675. The normalized spacial score (nSPS) is 21.2. The van der Waals surface area contributed by atoms with Crippen LogP contribution in [0.1, 0.15) is 37.3 Å². The van der Waals surface area contributed by atoms with Gasteiger partial charge in [-0.2, -0.15) is 0 Å². The third-order valence-electron chi connectivity index (χ3n) is 6.10. The van der Waals surface area contributed by atoms with Gasteiger partial charge in [0, 0.05) is 26.1 Å². The first kappa shape index (κ1) is 21.5. The molecule has 0 saturated carbocycles. The number of rotatable bonds is 4. The molecule has 2 aromatic rings. The number of nitrogens with one attached hydrogen (secondary N) is 2. The molecule has 0 spiro atoms. The van der Waals surface area contributed by atoms with Gasteiger partial charge in [0.25, 0.3) is 0 Å². The van der Waals surface area contributed by atoms with Crippen LogP contribution in [0.2, 0.25) is 0 Å². The number of likely N-dealkylation sites (tertiary alicyclic amines) is 1. The zero-order valence-corrected chi connectivity index (χ0v) is 17.6. The molecule has 8 nitrogen and oxygen atoms in total. The molecular weight excluding hydrogens is 394 g/mol. The molecule has 2 saturated heterocycles. The average molecular weight is 422 g/mol. The Balaban J connectivity index is 0.00000240. The number of para-hydroxylation sites is 1. The standard InChI is InChI=1S/C20H27N5O3.ClH/c1-21-14-8-10-24(11-9-14)12-13-4-3-5-15-18(13)23(2)20(28)25(15)16-6-7-17(26)22-19(16)27;/h3-5,14,16,21H,6-12H2,1-2H3,(H,22,26,27);1H. The Kier molecular flexibility index (Phi) is 6.45. The van der Waals surface area contributed by atoms with E-state index in [4.69, 9.17) is 0 Å². The monoisotopic (exact) mass is 421 g/mol. The Hall–Kier alpha value is -2.16. The van der Waals surface area contributed by atoms with E-state index in [1.165, 1.54) is 0 Å². The first-order chi connectivity index (χ1) is 13.5. The molecule has 2 fully saturated rings. The summed E-state index contributed by atoms with van der Waals surface area (Å²) in [6, 6.07) is 5.82. The Morgan fingerprint density at radius 1 is 1.14 bits per heavy atom. The summed E-state index contributed by atoms with van der Waals surface area (Å²) >= 11 is 0. The number of fused-ring (bicyclic) bond motifs is 1. The molecule has 2 aliphatic heterocycles. The quantitative estimate of drug-likeness (QED) is 0.717. The van der Waals surface area contributed by atoms with Crippen LogP contribution in [0.5, 0.6) is 0 Å². The Bertz CT molecular complexity index is 974. The number of carbonyl (C=O) groups is 2. The van der Waals surface area contributed by atoms with Crippen molar-refractivity contribution in [3.8, 4) is 0 Å².